The van der Waals surface area contributed by atoms with Gasteiger partial charge in [-0.1, -0.05) is 12.1 Å². The predicted molar refractivity (Wildman–Crippen MR) is 65.3 cm³/mol. The summed E-state index contributed by atoms with van der Waals surface area (Å²) in [6.07, 6.45) is 3.97. The average molecular weight is 267 g/mol. The number of aromatic nitrogens is 3. The molecule has 0 bridgehead atoms. The van der Waals surface area contributed by atoms with E-state index in [9.17, 15) is 9.59 Å². The van der Waals surface area contributed by atoms with Crippen LogP contribution in [0, 0.1) is 5.92 Å². The zero-order valence-electron chi connectivity index (χ0n) is 10.7. The van der Waals surface area contributed by atoms with Crippen LogP contribution in [0.25, 0.3) is 0 Å². The number of hydrogen-bond acceptors (Lipinski definition) is 4. The van der Waals surface area contributed by atoms with Gasteiger partial charge < -0.3 is 15.3 Å². The summed E-state index contributed by atoms with van der Waals surface area (Å²) < 4.78 is 1.60. The van der Waals surface area contributed by atoms with Crippen LogP contribution in [0.2, 0.25) is 0 Å². The van der Waals surface area contributed by atoms with Crippen molar-refractivity contribution >= 4 is 12.0 Å². The molecule has 2 heterocycles. The topological polar surface area (TPSA) is 100 Å². The maximum Gasteiger partial charge on any atom is 0.326 e. The van der Waals surface area contributed by atoms with Crippen molar-refractivity contribution in [3.8, 4) is 0 Å². The number of urea groups is 1. The number of carboxylic acids is 1. The van der Waals surface area contributed by atoms with Gasteiger partial charge in [0.25, 0.3) is 0 Å². The molecule has 1 aromatic rings. The molecule has 0 aliphatic carbocycles. The summed E-state index contributed by atoms with van der Waals surface area (Å²) in [5, 5.41) is 19.3. The van der Waals surface area contributed by atoms with Crippen LogP contribution in [-0.4, -0.2) is 56.1 Å². The fraction of sp³-hybridized carbons (Fsp3) is 0.636. The number of carbonyl (C=O) groups excluding carboxylic acids is 1. The summed E-state index contributed by atoms with van der Waals surface area (Å²) in [5.41, 5.74) is 0. The molecule has 104 valence electrons. The fourth-order valence-electron chi connectivity index (χ4n) is 2.28. The number of amides is 2. The second-order valence-electron chi connectivity index (χ2n) is 4.64. The summed E-state index contributed by atoms with van der Waals surface area (Å²) in [6.45, 7) is 3.22. The Hall–Kier alpha value is -2.12. The smallest absolute Gasteiger partial charge is 0.326 e. The van der Waals surface area contributed by atoms with E-state index in [1.807, 2.05) is 6.92 Å². The van der Waals surface area contributed by atoms with Crippen molar-refractivity contribution < 1.29 is 14.7 Å². The van der Waals surface area contributed by atoms with Crippen molar-refractivity contribution in [2.45, 2.75) is 25.9 Å². The summed E-state index contributed by atoms with van der Waals surface area (Å²) in [5.74, 6) is -0.963. The number of carbonyl (C=O) groups is 2. The molecule has 2 N–H and O–H groups in total. The molecule has 1 aromatic heterocycles. The van der Waals surface area contributed by atoms with Gasteiger partial charge in [-0.3, -0.25) is 4.68 Å². The first-order valence-electron chi connectivity index (χ1n) is 6.21. The number of carboxylic acid groups (broad SMARTS) is 1. The second kappa shape index (κ2) is 5.68. The Kier molecular flexibility index (Phi) is 3.98. The molecule has 1 saturated heterocycles. The van der Waals surface area contributed by atoms with E-state index >= 15 is 0 Å². The van der Waals surface area contributed by atoms with Gasteiger partial charge in [0.1, 0.15) is 6.04 Å². The molecule has 1 aliphatic heterocycles. The molecule has 2 atom stereocenters. The van der Waals surface area contributed by atoms with E-state index in [2.05, 4.69) is 15.6 Å². The molecule has 0 spiro atoms. The highest BCUT2D eigenvalue weighted by Crippen LogP contribution is 2.23. The van der Waals surface area contributed by atoms with Gasteiger partial charge in [0.05, 0.1) is 12.7 Å². The van der Waals surface area contributed by atoms with Crippen molar-refractivity contribution in [3.05, 3.63) is 12.4 Å². The Bertz CT molecular complexity index is 447. The SMILES string of the molecule is CC1CCN(C(=O)NCCn2ccnn2)C1C(=O)O. The van der Waals surface area contributed by atoms with Crippen LogP contribution >= 0.6 is 0 Å². The van der Waals surface area contributed by atoms with Crippen LogP contribution in [0.15, 0.2) is 12.4 Å². The normalized spacial score (nSPS) is 22.5. The maximum atomic E-state index is 11.9. The second-order valence-corrected chi connectivity index (χ2v) is 4.64. The van der Waals surface area contributed by atoms with Crippen molar-refractivity contribution in [2.75, 3.05) is 13.1 Å². The highest BCUT2D eigenvalue weighted by atomic mass is 16.4. The van der Waals surface area contributed by atoms with Crippen molar-refractivity contribution in [3.63, 3.8) is 0 Å². The van der Waals surface area contributed by atoms with Gasteiger partial charge in [-0.25, -0.2) is 9.59 Å². The van der Waals surface area contributed by atoms with Crippen LogP contribution in [-0.2, 0) is 11.3 Å². The van der Waals surface area contributed by atoms with Gasteiger partial charge in [-0.15, -0.1) is 5.10 Å². The third-order valence-electron chi connectivity index (χ3n) is 3.30. The molecule has 0 aromatic carbocycles. The first-order chi connectivity index (χ1) is 9.09. The molecule has 2 unspecified atom stereocenters. The van der Waals surface area contributed by atoms with Crippen LogP contribution in [0.3, 0.4) is 0 Å². The standard InChI is InChI=1S/C11H17N5O3/c1-8-2-5-16(9(8)10(17)18)11(19)12-3-6-15-7-4-13-14-15/h4,7-9H,2-3,5-6H2,1H3,(H,12,19)(H,17,18). The maximum absolute atomic E-state index is 11.9. The van der Waals surface area contributed by atoms with E-state index in [0.29, 0.717) is 26.1 Å². The van der Waals surface area contributed by atoms with Crippen LogP contribution in [0.5, 0.6) is 0 Å². The van der Waals surface area contributed by atoms with Gasteiger partial charge in [0.2, 0.25) is 0 Å². The minimum atomic E-state index is -0.948. The fourth-order valence-corrected chi connectivity index (χ4v) is 2.28. The van der Waals surface area contributed by atoms with E-state index in [4.69, 9.17) is 5.11 Å². The third-order valence-corrected chi connectivity index (χ3v) is 3.30. The molecular formula is C11H17N5O3. The Morgan fingerprint density at radius 2 is 2.32 bits per heavy atom. The van der Waals surface area contributed by atoms with E-state index in [0.717, 1.165) is 0 Å². The Balaban J connectivity index is 1.84. The van der Waals surface area contributed by atoms with Gasteiger partial charge in [-0.05, 0) is 12.3 Å². The lowest BCUT2D eigenvalue weighted by Crippen LogP contribution is -2.48. The molecule has 8 nitrogen and oxygen atoms in total. The van der Waals surface area contributed by atoms with Crippen molar-refractivity contribution in [2.24, 2.45) is 5.92 Å². The molecule has 0 radical (unpaired) electrons. The summed E-state index contributed by atoms with van der Waals surface area (Å²) >= 11 is 0. The largest absolute Gasteiger partial charge is 0.480 e. The average Bonchev–Trinajstić information content (AvgIpc) is 2.97. The quantitative estimate of drug-likeness (QED) is 0.785. The number of likely N-dealkylation sites (tertiary alicyclic amines) is 1. The van der Waals surface area contributed by atoms with E-state index in [-0.39, 0.29) is 11.9 Å². The van der Waals surface area contributed by atoms with Gasteiger partial charge >= 0.3 is 12.0 Å². The molecule has 2 rings (SSSR count). The Morgan fingerprint density at radius 1 is 1.53 bits per heavy atom. The molecular weight excluding hydrogens is 250 g/mol. The van der Waals surface area contributed by atoms with Crippen LogP contribution in [0.1, 0.15) is 13.3 Å². The van der Waals surface area contributed by atoms with E-state index < -0.39 is 12.0 Å². The van der Waals surface area contributed by atoms with Crippen molar-refractivity contribution in [1.29, 1.82) is 0 Å². The third kappa shape index (κ3) is 3.01. The number of hydrogen-bond donors (Lipinski definition) is 2. The number of aliphatic carboxylic acids is 1. The minimum absolute atomic E-state index is 0.0152. The lowest BCUT2D eigenvalue weighted by Gasteiger charge is -2.23. The Morgan fingerprint density at radius 3 is 2.95 bits per heavy atom. The van der Waals surface area contributed by atoms with Crippen molar-refractivity contribution in [1.82, 2.24) is 25.2 Å². The van der Waals surface area contributed by atoms with Gasteiger partial charge in [0.15, 0.2) is 0 Å². The van der Waals surface area contributed by atoms with E-state index in [1.165, 1.54) is 4.90 Å². The van der Waals surface area contributed by atoms with Crippen LogP contribution in [0.4, 0.5) is 4.79 Å². The lowest BCUT2D eigenvalue weighted by molar-refractivity contribution is -0.142. The summed E-state index contributed by atoms with van der Waals surface area (Å²) in [7, 11) is 0. The van der Waals surface area contributed by atoms with E-state index in [1.54, 1.807) is 17.1 Å². The van der Waals surface area contributed by atoms with Gasteiger partial charge in [0, 0.05) is 19.3 Å². The number of rotatable bonds is 4. The molecule has 8 heteroatoms. The highest BCUT2D eigenvalue weighted by molar-refractivity contribution is 5.83. The first kappa shape index (κ1) is 13.3. The summed E-state index contributed by atoms with van der Waals surface area (Å²) in [4.78, 5) is 24.5. The molecule has 19 heavy (non-hydrogen) atoms. The summed E-state index contributed by atoms with van der Waals surface area (Å²) in [6, 6.07) is -1.07. The van der Waals surface area contributed by atoms with Gasteiger partial charge in [-0.2, -0.15) is 0 Å². The first-order valence-corrected chi connectivity index (χ1v) is 6.21. The number of nitrogens with one attached hydrogen (secondary N) is 1. The predicted octanol–water partition coefficient (Wildman–Crippen LogP) is -0.217. The number of nitrogens with zero attached hydrogens (tertiary/aromatic N) is 4. The zero-order valence-corrected chi connectivity index (χ0v) is 10.7. The lowest BCUT2D eigenvalue weighted by atomic mass is 10.0. The van der Waals surface area contributed by atoms with Crippen LogP contribution < -0.4 is 5.32 Å². The zero-order chi connectivity index (χ0) is 13.8. The highest BCUT2D eigenvalue weighted by Gasteiger charge is 2.39. The Labute approximate surface area is 110 Å². The molecule has 1 fully saturated rings. The molecule has 0 saturated carbocycles. The molecule has 1 aliphatic rings. The molecule has 2 amide bonds. The minimum Gasteiger partial charge on any atom is -0.480 e. The monoisotopic (exact) mass is 267 g/mol.